The van der Waals surface area contributed by atoms with Crippen molar-refractivity contribution in [3.63, 3.8) is 0 Å². The molecule has 0 saturated carbocycles. The maximum absolute atomic E-state index is 8.74. The molecule has 15 heavy (non-hydrogen) atoms. The van der Waals surface area contributed by atoms with E-state index in [1.54, 1.807) is 7.11 Å². The van der Waals surface area contributed by atoms with E-state index in [1.165, 1.54) is 0 Å². The van der Waals surface area contributed by atoms with Crippen LogP contribution in [0, 0.1) is 0 Å². The number of hydroxylamine groups is 1. The van der Waals surface area contributed by atoms with Crippen molar-refractivity contribution in [1.29, 1.82) is 0 Å². The van der Waals surface area contributed by atoms with Crippen LogP contribution in [0.5, 0.6) is 11.5 Å². The molecule has 84 valence electrons. The molecule has 0 bridgehead atoms. The van der Waals surface area contributed by atoms with Gasteiger partial charge in [-0.25, -0.2) is 5.48 Å². The van der Waals surface area contributed by atoms with Gasteiger partial charge in [0.15, 0.2) is 0 Å². The van der Waals surface area contributed by atoms with E-state index in [-0.39, 0.29) is 6.10 Å². The molecule has 1 rings (SSSR count). The third-order valence-corrected chi connectivity index (χ3v) is 1.93. The lowest BCUT2D eigenvalue weighted by atomic mass is 10.1. The number of benzene rings is 1. The fourth-order valence-electron chi connectivity index (χ4n) is 1.35. The molecule has 0 unspecified atom stereocenters. The summed E-state index contributed by atoms with van der Waals surface area (Å²) in [6.45, 7) is 4.21. The average Bonchev–Trinajstić information content (AvgIpc) is 2.20. The van der Waals surface area contributed by atoms with E-state index in [0.717, 1.165) is 11.3 Å². The Labute approximate surface area is 89.8 Å². The van der Waals surface area contributed by atoms with Crippen LogP contribution in [0.4, 0.5) is 0 Å². The summed E-state index contributed by atoms with van der Waals surface area (Å²) < 4.78 is 10.8. The molecule has 0 atom stereocenters. The van der Waals surface area contributed by atoms with Crippen molar-refractivity contribution in [3.05, 3.63) is 23.8 Å². The smallest absolute Gasteiger partial charge is 0.127 e. The standard InChI is InChI=1S/C11H17NO3/c1-8(2)15-11-6-4-5-10(14-3)9(11)7-12-13/h4-6,8,12-13H,7H2,1-3H3. The molecule has 0 spiro atoms. The van der Waals surface area contributed by atoms with Gasteiger partial charge < -0.3 is 14.7 Å². The van der Waals surface area contributed by atoms with Crippen molar-refractivity contribution in [1.82, 2.24) is 5.48 Å². The van der Waals surface area contributed by atoms with Gasteiger partial charge in [0.1, 0.15) is 11.5 Å². The normalized spacial score (nSPS) is 10.5. The van der Waals surface area contributed by atoms with Gasteiger partial charge in [-0.1, -0.05) is 6.07 Å². The first-order chi connectivity index (χ1) is 7.19. The van der Waals surface area contributed by atoms with E-state index in [2.05, 4.69) is 5.48 Å². The molecule has 0 aliphatic carbocycles. The molecule has 0 fully saturated rings. The van der Waals surface area contributed by atoms with Crippen molar-refractivity contribution in [3.8, 4) is 11.5 Å². The molecule has 0 aliphatic rings. The highest BCUT2D eigenvalue weighted by molar-refractivity contribution is 5.44. The average molecular weight is 211 g/mol. The molecule has 1 aromatic carbocycles. The lowest BCUT2D eigenvalue weighted by Crippen LogP contribution is -2.12. The van der Waals surface area contributed by atoms with Crippen molar-refractivity contribution in [2.75, 3.05) is 7.11 Å². The molecule has 0 heterocycles. The highest BCUT2D eigenvalue weighted by Gasteiger charge is 2.10. The van der Waals surface area contributed by atoms with Crippen molar-refractivity contribution >= 4 is 0 Å². The quantitative estimate of drug-likeness (QED) is 0.731. The van der Waals surface area contributed by atoms with Gasteiger partial charge in [-0.15, -0.1) is 0 Å². The van der Waals surface area contributed by atoms with Crippen LogP contribution in [0.25, 0.3) is 0 Å². The van der Waals surface area contributed by atoms with Gasteiger partial charge >= 0.3 is 0 Å². The van der Waals surface area contributed by atoms with Crippen LogP contribution in [0.15, 0.2) is 18.2 Å². The summed E-state index contributed by atoms with van der Waals surface area (Å²) in [6, 6.07) is 5.55. The molecule has 4 heteroatoms. The van der Waals surface area contributed by atoms with E-state index in [1.807, 2.05) is 32.0 Å². The Bertz CT molecular complexity index is 313. The van der Waals surface area contributed by atoms with Gasteiger partial charge in [0.25, 0.3) is 0 Å². The summed E-state index contributed by atoms with van der Waals surface area (Å²) in [4.78, 5) is 0. The first kappa shape index (κ1) is 11.8. The van der Waals surface area contributed by atoms with Gasteiger partial charge in [0.05, 0.1) is 25.3 Å². The van der Waals surface area contributed by atoms with Crippen LogP contribution >= 0.6 is 0 Å². The minimum Gasteiger partial charge on any atom is -0.496 e. The minimum atomic E-state index is 0.0922. The number of methoxy groups -OCH3 is 1. The Morgan fingerprint density at radius 3 is 2.53 bits per heavy atom. The predicted octanol–water partition coefficient (Wildman–Crippen LogP) is 1.96. The number of nitrogens with one attached hydrogen (secondary N) is 1. The maximum atomic E-state index is 8.74. The molecule has 0 aromatic heterocycles. The van der Waals surface area contributed by atoms with Crippen LogP contribution < -0.4 is 15.0 Å². The number of rotatable bonds is 5. The Balaban J connectivity index is 3.01. The zero-order valence-corrected chi connectivity index (χ0v) is 9.28. The van der Waals surface area contributed by atoms with Crippen molar-refractivity contribution < 1.29 is 14.7 Å². The second kappa shape index (κ2) is 5.58. The molecule has 1 aromatic rings. The van der Waals surface area contributed by atoms with Crippen molar-refractivity contribution in [2.45, 2.75) is 26.5 Å². The van der Waals surface area contributed by atoms with E-state index in [4.69, 9.17) is 14.7 Å². The lowest BCUT2D eigenvalue weighted by Gasteiger charge is -2.16. The fourth-order valence-corrected chi connectivity index (χ4v) is 1.35. The van der Waals surface area contributed by atoms with Crippen LogP contribution in [-0.4, -0.2) is 18.4 Å². The predicted molar refractivity (Wildman–Crippen MR) is 57.4 cm³/mol. The van der Waals surface area contributed by atoms with E-state index < -0.39 is 0 Å². The third-order valence-electron chi connectivity index (χ3n) is 1.93. The van der Waals surface area contributed by atoms with Gasteiger partial charge in [0, 0.05) is 0 Å². The first-order valence-electron chi connectivity index (χ1n) is 4.88. The van der Waals surface area contributed by atoms with Crippen LogP contribution in [0.2, 0.25) is 0 Å². The lowest BCUT2D eigenvalue weighted by molar-refractivity contribution is 0.156. The zero-order chi connectivity index (χ0) is 11.3. The van der Waals surface area contributed by atoms with Gasteiger partial charge in [-0.2, -0.15) is 0 Å². The molecule has 0 saturated heterocycles. The molecule has 2 N–H and O–H groups in total. The molecular formula is C11H17NO3. The molecule has 0 radical (unpaired) electrons. The molecular weight excluding hydrogens is 194 g/mol. The maximum Gasteiger partial charge on any atom is 0.127 e. The minimum absolute atomic E-state index is 0.0922. The summed E-state index contributed by atoms with van der Waals surface area (Å²) in [5.74, 6) is 1.43. The van der Waals surface area contributed by atoms with E-state index in [0.29, 0.717) is 12.3 Å². The van der Waals surface area contributed by atoms with E-state index in [9.17, 15) is 0 Å². The van der Waals surface area contributed by atoms with Gasteiger partial charge in [0.2, 0.25) is 0 Å². The summed E-state index contributed by atoms with van der Waals surface area (Å²) in [7, 11) is 1.59. The fraction of sp³-hybridized carbons (Fsp3) is 0.455. The summed E-state index contributed by atoms with van der Waals surface area (Å²) in [5, 5.41) is 8.74. The second-order valence-corrected chi connectivity index (χ2v) is 3.44. The largest absolute Gasteiger partial charge is 0.496 e. The number of hydrogen-bond acceptors (Lipinski definition) is 4. The highest BCUT2D eigenvalue weighted by Crippen LogP contribution is 2.28. The highest BCUT2D eigenvalue weighted by atomic mass is 16.5. The zero-order valence-electron chi connectivity index (χ0n) is 9.28. The van der Waals surface area contributed by atoms with Crippen LogP contribution in [0.1, 0.15) is 19.4 Å². The number of ether oxygens (including phenoxy) is 2. The monoisotopic (exact) mass is 211 g/mol. The van der Waals surface area contributed by atoms with Gasteiger partial charge in [-0.3, -0.25) is 0 Å². The molecule has 0 amide bonds. The topological polar surface area (TPSA) is 50.7 Å². The van der Waals surface area contributed by atoms with E-state index >= 15 is 0 Å². The van der Waals surface area contributed by atoms with Gasteiger partial charge in [-0.05, 0) is 26.0 Å². The van der Waals surface area contributed by atoms with Crippen LogP contribution in [0.3, 0.4) is 0 Å². The summed E-state index contributed by atoms with van der Waals surface area (Å²) >= 11 is 0. The molecule has 4 nitrogen and oxygen atoms in total. The molecule has 0 aliphatic heterocycles. The SMILES string of the molecule is COc1cccc(OC(C)C)c1CNO. The Kier molecular flexibility index (Phi) is 4.39. The Morgan fingerprint density at radius 1 is 1.33 bits per heavy atom. The summed E-state index contributed by atoms with van der Waals surface area (Å²) in [5.41, 5.74) is 2.93. The Morgan fingerprint density at radius 2 is 2.00 bits per heavy atom. The second-order valence-electron chi connectivity index (χ2n) is 3.44. The number of hydrogen-bond donors (Lipinski definition) is 2. The summed E-state index contributed by atoms with van der Waals surface area (Å²) in [6.07, 6.45) is 0.0922. The van der Waals surface area contributed by atoms with Crippen LogP contribution in [-0.2, 0) is 6.54 Å². The Hall–Kier alpha value is -1.26. The third kappa shape index (κ3) is 3.11. The first-order valence-corrected chi connectivity index (χ1v) is 4.88. The van der Waals surface area contributed by atoms with Crippen molar-refractivity contribution in [2.24, 2.45) is 0 Å².